The molecule has 0 aromatic heterocycles. The highest BCUT2D eigenvalue weighted by Crippen LogP contribution is 2.40. The van der Waals surface area contributed by atoms with Crippen LogP contribution >= 0.6 is 23.2 Å². The zero-order valence-corrected chi connectivity index (χ0v) is 11.0. The van der Waals surface area contributed by atoms with Crippen LogP contribution in [0.15, 0.2) is 18.2 Å². The van der Waals surface area contributed by atoms with Gasteiger partial charge in [0.25, 0.3) is 0 Å². The zero-order valence-electron chi connectivity index (χ0n) is 9.47. The molecule has 0 radical (unpaired) electrons. The first-order valence-electron chi connectivity index (χ1n) is 5.91. The quantitative estimate of drug-likeness (QED) is 0.855. The maximum Gasteiger partial charge on any atom is 0.0627 e. The van der Waals surface area contributed by atoms with E-state index >= 15 is 0 Å². The van der Waals surface area contributed by atoms with Crippen molar-refractivity contribution in [2.24, 2.45) is 0 Å². The summed E-state index contributed by atoms with van der Waals surface area (Å²) in [5.41, 5.74) is 1.21. The van der Waals surface area contributed by atoms with Crippen LogP contribution in [-0.2, 0) is 0 Å². The molecule has 1 aliphatic rings. The minimum Gasteiger partial charge on any atom is -0.314 e. The molecule has 0 heterocycles. The lowest BCUT2D eigenvalue weighted by molar-refractivity contribution is 0.493. The van der Waals surface area contributed by atoms with Crippen molar-refractivity contribution in [3.05, 3.63) is 33.8 Å². The molecule has 1 saturated carbocycles. The van der Waals surface area contributed by atoms with E-state index < -0.39 is 0 Å². The molecule has 1 fully saturated rings. The largest absolute Gasteiger partial charge is 0.314 e. The zero-order chi connectivity index (χ0) is 11.5. The van der Waals surface area contributed by atoms with Crippen molar-refractivity contribution < 1.29 is 0 Å². The number of halogens is 2. The van der Waals surface area contributed by atoms with Gasteiger partial charge < -0.3 is 5.32 Å². The Morgan fingerprint density at radius 2 is 2.12 bits per heavy atom. The molecular formula is C13H17Cl2N. The second-order valence-electron chi connectivity index (χ2n) is 4.34. The summed E-state index contributed by atoms with van der Waals surface area (Å²) < 4.78 is 0. The van der Waals surface area contributed by atoms with Gasteiger partial charge in [-0.3, -0.25) is 0 Å². The maximum absolute atomic E-state index is 6.28. The molecule has 3 heteroatoms. The summed E-state index contributed by atoms with van der Waals surface area (Å²) in [6, 6.07) is 6.50. The summed E-state index contributed by atoms with van der Waals surface area (Å²) in [7, 11) is 0. The van der Waals surface area contributed by atoms with Crippen LogP contribution in [0, 0.1) is 0 Å². The number of hydrogen-bond acceptors (Lipinski definition) is 1. The third-order valence-corrected chi connectivity index (χ3v) is 4.20. The van der Waals surface area contributed by atoms with Crippen LogP contribution < -0.4 is 5.32 Å². The predicted molar refractivity (Wildman–Crippen MR) is 70.5 cm³/mol. The Kier molecular flexibility index (Phi) is 4.12. The number of rotatable bonds is 3. The normalized spacial score (nSPS) is 24.9. The van der Waals surface area contributed by atoms with Crippen LogP contribution in [0.4, 0.5) is 0 Å². The van der Waals surface area contributed by atoms with Crippen molar-refractivity contribution in [1.29, 1.82) is 0 Å². The molecule has 2 atom stereocenters. The molecule has 0 spiro atoms. The van der Waals surface area contributed by atoms with Gasteiger partial charge in [0.2, 0.25) is 0 Å². The summed E-state index contributed by atoms with van der Waals surface area (Å²) in [5, 5.41) is 4.94. The standard InChI is InChI=1S/C13H17Cl2N/c1-2-16-12-8-4-5-9(12)10-6-3-7-11(14)13(10)15/h3,6-7,9,12,16H,2,4-5,8H2,1H3. The average molecular weight is 258 g/mol. The summed E-state index contributed by atoms with van der Waals surface area (Å²) in [6.45, 7) is 3.16. The monoisotopic (exact) mass is 257 g/mol. The van der Waals surface area contributed by atoms with Crippen LogP contribution in [0.3, 0.4) is 0 Å². The first kappa shape index (κ1) is 12.2. The number of likely N-dealkylation sites (N-methyl/N-ethyl adjacent to an activating group) is 1. The Morgan fingerprint density at radius 3 is 2.88 bits per heavy atom. The summed E-state index contributed by atoms with van der Waals surface area (Å²) >= 11 is 12.3. The van der Waals surface area contributed by atoms with Crippen molar-refractivity contribution in [1.82, 2.24) is 5.32 Å². The van der Waals surface area contributed by atoms with Gasteiger partial charge in [0, 0.05) is 12.0 Å². The summed E-state index contributed by atoms with van der Waals surface area (Å²) in [5.74, 6) is 0.520. The molecule has 0 aliphatic heterocycles. The Hall–Kier alpha value is -0.240. The Morgan fingerprint density at radius 1 is 1.31 bits per heavy atom. The third kappa shape index (κ3) is 2.37. The topological polar surface area (TPSA) is 12.0 Å². The molecule has 0 saturated heterocycles. The van der Waals surface area contributed by atoms with E-state index in [1.807, 2.05) is 12.1 Å². The van der Waals surface area contributed by atoms with E-state index in [4.69, 9.17) is 23.2 Å². The van der Waals surface area contributed by atoms with Gasteiger partial charge in [0.1, 0.15) is 0 Å². The van der Waals surface area contributed by atoms with Gasteiger partial charge in [-0.15, -0.1) is 0 Å². The highest BCUT2D eigenvalue weighted by Gasteiger charge is 2.29. The van der Waals surface area contributed by atoms with Crippen LogP contribution in [0.25, 0.3) is 0 Å². The molecule has 2 unspecified atom stereocenters. The highest BCUT2D eigenvalue weighted by atomic mass is 35.5. The number of nitrogens with one attached hydrogen (secondary N) is 1. The SMILES string of the molecule is CCNC1CCCC1c1cccc(Cl)c1Cl. The van der Waals surface area contributed by atoms with Crippen molar-refractivity contribution in [2.75, 3.05) is 6.54 Å². The fraction of sp³-hybridized carbons (Fsp3) is 0.538. The Labute approximate surface area is 107 Å². The Bertz CT molecular complexity index is 365. The highest BCUT2D eigenvalue weighted by molar-refractivity contribution is 6.42. The van der Waals surface area contributed by atoms with Gasteiger partial charge in [0.15, 0.2) is 0 Å². The second kappa shape index (κ2) is 5.39. The lowest BCUT2D eigenvalue weighted by Gasteiger charge is -2.22. The molecule has 0 amide bonds. The molecule has 1 aromatic rings. The van der Waals surface area contributed by atoms with Crippen LogP contribution in [-0.4, -0.2) is 12.6 Å². The molecule has 1 nitrogen and oxygen atoms in total. The van der Waals surface area contributed by atoms with E-state index in [0.717, 1.165) is 11.6 Å². The van der Waals surface area contributed by atoms with Gasteiger partial charge in [-0.1, -0.05) is 48.7 Å². The van der Waals surface area contributed by atoms with Gasteiger partial charge in [-0.25, -0.2) is 0 Å². The van der Waals surface area contributed by atoms with E-state index in [1.165, 1.54) is 24.8 Å². The fourth-order valence-corrected chi connectivity index (χ4v) is 3.09. The molecule has 1 aromatic carbocycles. The minimum absolute atomic E-state index is 0.520. The lowest BCUT2D eigenvalue weighted by atomic mass is 9.94. The smallest absolute Gasteiger partial charge is 0.0627 e. The van der Waals surface area contributed by atoms with Gasteiger partial charge in [0.05, 0.1) is 10.0 Å². The van der Waals surface area contributed by atoms with E-state index in [0.29, 0.717) is 17.0 Å². The average Bonchev–Trinajstić information content (AvgIpc) is 2.71. The molecule has 1 N–H and O–H groups in total. The van der Waals surface area contributed by atoms with Crippen LogP contribution in [0.1, 0.15) is 37.7 Å². The van der Waals surface area contributed by atoms with Crippen molar-refractivity contribution in [3.8, 4) is 0 Å². The van der Waals surface area contributed by atoms with E-state index in [1.54, 1.807) is 0 Å². The molecule has 0 bridgehead atoms. The molecule has 16 heavy (non-hydrogen) atoms. The number of hydrogen-bond donors (Lipinski definition) is 1. The van der Waals surface area contributed by atoms with Crippen molar-refractivity contribution in [3.63, 3.8) is 0 Å². The van der Waals surface area contributed by atoms with Crippen molar-refractivity contribution >= 4 is 23.2 Å². The first-order valence-corrected chi connectivity index (χ1v) is 6.67. The van der Waals surface area contributed by atoms with Crippen LogP contribution in [0.5, 0.6) is 0 Å². The van der Waals surface area contributed by atoms with Gasteiger partial charge >= 0.3 is 0 Å². The summed E-state index contributed by atoms with van der Waals surface area (Å²) in [6.07, 6.45) is 3.71. The molecular weight excluding hydrogens is 241 g/mol. The first-order chi connectivity index (χ1) is 7.74. The second-order valence-corrected chi connectivity index (χ2v) is 5.13. The maximum atomic E-state index is 6.28. The Balaban J connectivity index is 2.25. The van der Waals surface area contributed by atoms with Crippen molar-refractivity contribution in [2.45, 2.75) is 38.1 Å². The van der Waals surface area contributed by atoms with Gasteiger partial charge in [-0.2, -0.15) is 0 Å². The van der Waals surface area contributed by atoms with Gasteiger partial charge in [-0.05, 0) is 31.0 Å². The molecule has 1 aliphatic carbocycles. The third-order valence-electron chi connectivity index (χ3n) is 3.36. The lowest BCUT2D eigenvalue weighted by Crippen LogP contribution is -2.31. The molecule has 88 valence electrons. The number of benzene rings is 1. The molecule has 2 rings (SSSR count). The van der Waals surface area contributed by atoms with E-state index in [2.05, 4.69) is 18.3 Å². The fourth-order valence-electron chi connectivity index (χ4n) is 2.65. The minimum atomic E-state index is 0.520. The van der Waals surface area contributed by atoms with E-state index in [9.17, 15) is 0 Å². The van der Waals surface area contributed by atoms with Crippen LogP contribution in [0.2, 0.25) is 10.0 Å². The predicted octanol–water partition coefficient (Wildman–Crippen LogP) is 4.24. The van der Waals surface area contributed by atoms with E-state index in [-0.39, 0.29) is 0 Å². The summed E-state index contributed by atoms with van der Waals surface area (Å²) in [4.78, 5) is 0.